The van der Waals surface area contributed by atoms with Gasteiger partial charge in [0.15, 0.2) is 11.5 Å². The molecule has 1 aromatic rings. The van der Waals surface area contributed by atoms with Crippen LogP contribution in [0, 0.1) is 11.8 Å². The summed E-state index contributed by atoms with van der Waals surface area (Å²) in [7, 11) is 3.31. The molecule has 22 heavy (non-hydrogen) atoms. The predicted molar refractivity (Wildman–Crippen MR) is 90.5 cm³/mol. The maximum absolute atomic E-state index is 10.2. The fourth-order valence-electron chi connectivity index (χ4n) is 2.51. The van der Waals surface area contributed by atoms with Crippen LogP contribution in [-0.2, 0) is 6.54 Å². The molecule has 0 unspecified atom stereocenters. The molecule has 0 saturated heterocycles. The van der Waals surface area contributed by atoms with E-state index in [4.69, 9.17) is 9.47 Å². The fraction of sp³-hybridized carbons (Fsp3) is 0.667. The number of aliphatic hydroxyl groups is 1. The highest BCUT2D eigenvalue weighted by Gasteiger charge is 2.18. The van der Waals surface area contributed by atoms with Gasteiger partial charge in [0.25, 0.3) is 0 Å². The lowest BCUT2D eigenvalue weighted by Crippen LogP contribution is -2.37. The van der Waals surface area contributed by atoms with Crippen molar-refractivity contribution in [3.63, 3.8) is 0 Å². The topological polar surface area (TPSA) is 41.9 Å². The highest BCUT2D eigenvalue weighted by molar-refractivity contribution is 5.46. The summed E-state index contributed by atoms with van der Waals surface area (Å²) < 4.78 is 10.9. The largest absolute Gasteiger partial charge is 0.493 e. The Morgan fingerprint density at radius 1 is 1.05 bits per heavy atom. The van der Waals surface area contributed by atoms with Crippen molar-refractivity contribution in [1.82, 2.24) is 4.90 Å². The van der Waals surface area contributed by atoms with Crippen molar-refractivity contribution in [1.29, 1.82) is 0 Å². The molecule has 0 fully saturated rings. The lowest BCUT2D eigenvalue weighted by molar-refractivity contribution is 0.0678. The molecule has 0 heterocycles. The summed E-state index contributed by atoms with van der Waals surface area (Å²) in [5.74, 6) is 2.31. The van der Waals surface area contributed by atoms with E-state index in [0.29, 0.717) is 12.5 Å². The maximum Gasteiger partial charge on any atom is 0.165 e. The Bertz CT molecular complexity index is 446. The van der Waals surface area contributed by atoms with Crippen LogP contribution in [0.3, 0.4) is 0 Å². The van der Waals surface area contributed by atoms with Gasteiger partial charge in [-0.2, -0.15) is 0 Å². The first-order chi connectivity index (χ1) is 10.4. The normalized spacial score (nSPS) is 13.0. The first-order valence-corrected chi connectivity index (χ1v) is 7.99. The molecule has 1 aromatic carbocycles. The van der Waals surface area contributed by atoms with Gasteiger partial charge in [-0.25, -0.2) is 0 Å². The molecule has 1 atom stereocenters. The minimum Gasteiger partial charge on any atom is -0.493 e. The van der Waals surface area contributed by atoms with Gasteiger partial charge in [0, 0.05) is 25.2 Å². The molecule has 0 radical (unpaired) electrons. The average molecular weight is 309 g/mol. The Kier molecular flexibility index (Phi) is 7.69. The molecule has 0 spiro atoms. The third-order valence-corrected chi connectivity index (χ3v) is 3.72. The second-order valence-electron chi connectivity index (χ2n) is 6.55. The number of benzene rings is 1. The van der Waals surface area contributed by atoms with Crippen molar-refractivity contribution in [2.45, 2.75) is 40.3 Å². The van der Waals surface area contributed by atoms with Crippen molar-refractivity contribution in [3.05, 3.63) is 23.8 Å². The van der Waals surface area contributed by atoms with Gasteiger partial charge in [0.2, 0.25) is 0 Å². The van der Waals surface area contributed by atoms with Gasteiger partial charge in [-0.1, -0.05) is 39.8 Å². The standard InChI is InChI=1S/C18H31NO3/c1-13(2)10-19(12-16(20)14(3)4)11-15-8-7-9-17(21-5)18(15)22-6/h7-9,13-14,16,20H,10-12H2,1-6H3/t16-/m0/s1. The zero-order valence-corrected chi connectivity index (χ0v) is 14.8. The van der Waals surface area contributed by atoms with Gasteiger partial charge < -0.3 is 14.6 Å². The number of nitrogens with zero attached hydrogens (tertiary/aromatic N) is 1. The van der Waals surface area contributed by atoms with Gasteiger partial charge in [-0.15, -0.1) is 0 Å². The number of hydrogen-bond acceptors (Lipinski definition) is 4. The zero-order chi connectivity index (χ0) is 16.7. The Balaban J connectivity index is 2.93. The quantitative estimate of drug-likeness (QED) is 0.761. The fourth-order valence-corrected chi connectivity index (χ4v) is 2.51. The second kappa shape index (κ2) is 9.01. The van der Waals surface area contributed by atoms with Crippen LogP contribution in [0.2, 0.25) is 0 Å². The van der Waals surface area contributed by atoms with Crippen molar-refractivity contribution in [2.75, 3.05) is 27.3 Å². The van der Waals surface area contributed by atoms with Crippen LogP contribution >= 0.6 is 0 Å². The molecule has 0 bridgehead atoms. The summed E-state index contributed by atoms with van der Waals surface area (Å²) in [5.41, 5.74) is 1.08. The summed E-state index contributed by atoms with van der Waals surface area (Å²) in [6.07, 6.45) is -0.324. The molecule has 0 aromatic heterocycles. The summed E-state index contributed by atoms with van der Waals surface area (Å²) in [4.78, 5) is 2.28. The zero-order valence-electron chi connectivity index (χ0n) is 14.8. The van der Waals surface area contributed by atoms with E-state index in [9.17, 15) is 5.11 Å². The van der Waals surface area contributed by atoms with Gasteiger partial charge in [-0.05, 0) is 17.9 Å². The maximum atomic E-state index is 10.2. The van der Waals surface area contributed by atoms with E-state index in [0.717, 1.165) is 30.2 Å². The van der Waals surface area contributed by atoms with Gasteiger partial charge in [-0.3, -0.25) is 4.90 Å². The molecular weight excluding hydrogens is 278 g/mol. The number of methoxy groups -OCH3 is 2. The Morgan fingerprint density at radius 3 is 2.23 bits per heavy atom. The summed E-state index contributed by atoms with van der Waals surface area (Å²) >= 11 is 0. The Morgan fingerprint density at radius 2 is 1.73 bits per heavy atom. The minimum absolute atomic E-state index is 0.252. The van der Waals surface area contributed by atoms with Crippen molar-refractivity contribution >= 4 is 0 Å². The van der Waals surface area contributed by atoms with E-state index in [1.165, 1.54) is 0 Å². The van der Waals surface area contributed by atoms with Gasteiger partial charge in [0.1, 0.15) is 0 Å². The van der Waals surface area contributed by atoms with Crippen LogP contribution in [0.25, 0.3) is 0 Å². The van der Waals surface area contributed by atoms with Crippen molar-refractivity contribution < 1.29 is 14.6 Å². The van der Waals surface area contributed by atoms with Crippen LogP contribution in [0.15, 0.2) is 18.2 Å². The van der Waals surface area contributed by atoms with E-state index >= 15 is 0 Å². The highest BCUT2D eigenvalue weighted by atomic mass is 16.5. The Labute approximate surface area is 135 Å². The highest BCUT2D eigenvalue weighted by Crippen LogP contribution is 2.31. The lowest BCUT2D eigenvalue weighted by atomic mass is 10.1. The van der Waals surface area contributed by atoms with Crippen LogP contribution in [0.4, 0.5) is 0 Å². The SMILES string of the molecule is COc1cccc(CN(CC(C)C)C[C@H](O)C(C)C)c1OC. The molecule has 126 valence electrons. The predicted octanol–water partition coefficient (Wildman–Crippen LogP) is 3.18. The van der Waals surface area contributed by atoms with Gasteiger partial charge >= 0.3 is 0 Å². The molecule has 1 rings (SSSR count). The van der Waals surface area contributed by atoms with E-state index in [2.05, 4.69) is 24.8 Å². The van der Waals surface area contributed by atoms with Crippen LogP contribution in [0.1, 0.15) is 33.3 Å². The number of ether oxygens (including phenoxy) is 2. The lowest BCUT2D eigenvalue weighted by Gasteiger charge is -2.29. The van der Waals surface area contributed by atoms with E-state index in [1.807, 2.05) is 26.0 Å². The molecule has 0 aliphatic heterocycles. The van der Waals surface area contributed by atoms with Crippen LogP contribution < -0.4 is 9.47 Å². The van der Waals surface area contributed by atoms with Crippen LogP contribution in [-0.4, -0.2) is 43.4 Å². The Hall–Kier alpha value is -1.26. The van der Waals surface area contributed by atoms with E-state index in [1.54, 1.807) is 14.2 Å². The smallest absolute Gasteiger partial charge is 0.165 e. The minimum atomic E-state index is -0.324. The molecule has 0 amide bonds. The third-order valence-electron chi connectivity index (χ3n) is 3.72. The number of rotatable bonds is 9. The first-order valence-electron chi connectivity index (χ1n) is 7.99. The molecule has 1 N–H and O–H groups in total. The molecular formula is C18H31NO3. The number of para-hydroxylation sites is 1. The molecule has 0 aliphatic rings. The molecule has 0 saturated carbocycles. The molecule has 0 aliphatic carbocycles. The van der Waals surface area contributed by atoms with E-state index in [-0.39, 0.29) is 12.0 Å². The first kappa shape index (κ1) is 18.8. The third kappa shape index (κ3) is 5.50. The monoisotopic (exact) mass is 309 g/mol. The molecule has 4 heteroatoms. The van der Waals surface area contributed by atoms with Gasteiger partial charge in [0.05, 0.1) is 20.3 Å². The van der Waals surface area contributed by atoms with Crippen molar-refractivity contribution in [2.24, 2.45) is 11.8 Å². The van der Waals surface area contributed by atoms with E-state index < -0.39 is 0 Å². The number of aliphatic hydroxyl groups excluding tert-OH is 1. The average Bonchev–Trinajstić information content (AvgIpc) is 2.45. The molecule has 4 nitrogen and oxygen atoms in total. The second-order valence-corrected chi connectivity index (χ2v) is 6.55. The van der Waals surface area contributed by atoms with Crippen LogP contribution in [0.5, 0.6) is 11.5 Å². The summed E-state index contributed by atoms with van der Waals surface area (Å²) in [5, 5.41) is 10.2. The number of hydrogen-bond donors (Lipinski definition) is 1. The van der Waals surface area contributed by atoms with Crippen molar-refractivity contribution in [3.8, 4) is 11.5 Å². The summed E-state index contributed by atoms with van der Waals surface area (Å²) in [6, 6.07) is 5.93. The summed E-state index contributed by atoms with van der Waals surface area (Å²) in [6.45, 7) is 10.8.